The number of aromatic nitrogens is 1. The summed E-state index contributed by atoms with van der Waals surface area (Å²) in [6.45, 7) is 0.562. The van der Waals surface area contributed by atoms with Crippen LogP contribution in [0.4, 0.5) is 0 Å². The fraction of sp³-hybridized carbons (Fsp3) is 0.158. The third kappa shape index (κ3) is 4.00. The molecule has 0 atom stereocenters. The van der Waals surface area contributed by atoms with Gasteiger partial charge in [-0.05, 0) is 24.3 Å². The third-order valence-electron chi connectivity index (χ3n) is 3.60. The maximum Gasteiger partial charge on any atom is 0.251 e. The van der Waals surface area contributed by atoms with E-state index >= 15 is 0 Å². The van der Waals surface area contributed by atoms with E-state index in [1.54, 1.807) is 42.7 Å². The Balaban J connectivity index is 1.53. The Morgan fingerprint density at radius 2 is 1.88 bits per heavy atom. The van der Waals surface area contributed by atoms with Crippen LogP contribution in [0.5, 0.6) is 5.75 Å². The molecule has 0 bridgehead atoms. The normalized spacial score (nSPS) is 10.4. The average molecular weight is 338 g/mol. The maximum atomic E-state index is 12.1. The van der Waals surface area contributed by atoms with Crippen molar-refractivity contribution >= 4 is 17.2 Å². The molecule has 1 heterocycles. The molecule has 0 aliphatic heterocycles. The van der Waals surface area contributed by atoms with Crippen molar-refractivity contribution in [1.29, 1.82) is 0 Å². The number of nitrogens with one attached hydrogen (secondary N) is 1. The minimum Gasteiger partial charge on any atom is -0.497 e. The van der Waals surface area contributed by atoms with E-state index in [2.05, 4.69) is 15.7 Å². The summed E-state index contributed by atoms with van der Waals surface area (Å²) >= 11 is 1.62. The van der Waals surface area contributed by atoms with Crippen LogP contribution < -0.4 is 10.1 Å². The zero-order valence-corrected chi connectivity index (χ0v) is 14.2. The topological polar surface area (TPSA) is 51.2 Å². The number of amides is 1. The van der Waals surface area contributed by atoms with E-state index in [-0.39, 0.29) is 5.91 Å². The SMILES string of the molecule is COc1ccc(C(=O)NCCc2nc(-c3ccccc3)cs2)cc1. The molecule has 4 nitrogen and oxygen atoms in total. The van der Waals surface area contributed by atoms with Gasteiger partial charge in [0.15, 0.2) is 0 Å². The summed E-state index contributed by atoms with van der Waals surface area (Å²) in [5, 5.41) is 5.99. The third-order valence-corrected chi connectivity index (χ3v) is 4.51. The lowest BCUT2D eigenvalue weighted by Gasteiger charge is -2.05. The van der Waals surface area contributed by atoms with Crippen molar-refractivity contribution in [3.05, 3.63) is 70.5 Å². The Kier molecular flexibility index (Phi) is 5.23. The lowest BCUT2D eigenvalue weighted by molar-refractivity contribution is 0.0954. The van der Waals surface area contributed by atoms with Crippen LogP contribution in [0.2, 0.25) is 0 Å². The fourth-order valence-electron chi connectivity index (χ4n) is 2.29. The lowest BCUT2D eigenvalue weighted by atomic mass is 10.2. The Morgan fingerprint density at radius 3 is 2.58 bits per heavy atom. The van der Waals surface area contributed by atoms with Crippen LogP contribution in [0.25, 0.3) is 11.3 Å². The van der Waals surface area contributed by atoms with Gasteiger partial charge in [-0.3, -0.25) is 4.79 Å². The summed E-state index contributed by atoms with van der Waals surface area (Å²) in [7, 11) is 1.60. The molecule has 0 radical (unpaired) electrons. The minimum absolute atomic E-state index is 0.0857. The molecule has 0 unspecified atom stereocenters. The number of thiazole rings is 1. The van der Waals surface area contributed by atoms with Crippen LogP contribution in [0.1, 0.15) is 15.4 Å². The Morgan fingerprint density at radius 1 is 1.12 bits per heavy atom. The van der Waals surface area contributed by atoms with Crippen molar-refractivity contribution in [3.63, 3.8) is 0 Å². The van der Waals surface area contributed by atoms with E-state index in [4.69, 9.17) is 4.74 Å². The molecule has 0 aliphatic carbocycles. The first kappa shape index (κ1) is 16.2. The second kappa shape index (κ2) is 7.75. The molecule has 5 heteroatoms. The van der Waals surface area contributed by atoms with Crippen LogP contribution in [0.15, 0.2) is 60.0 Å². The van der Waals surface area contributed by atoms with E-state index < -0.39 is 0 Å². The summed E-state index contributed by atoms with van der Waals surface area (Å²) in [5.74, 6) is 0.653. The highest BCUT2D eigenvalue weighted by Gasteiger charge is 2.07. The molecular weight excluding hydrogens is 320 g/mol. The second-order valence-corrected chi connectivity index (χ2v) is 6.17. The van der Waals surface area contributed by atoms with Crippen molar-refractivity contribution in [2.45, 2.75) is 6.42 Å². The maximum absolute atomic E-state index is 12.1. The molecule has 0 spiro atoms. The predicted octanol–water partition coefficient (Wildman–Crippen LogP) is 3.79. The number of methoxy groups -OCH3 is 1. The van der Waals surface area contributed by atoms with Gasteiger partial charge in [-0.2, -0.15) is 0 Å². The highest BCUT2D eigenvalue weighted by atomic mass is 32.1. The molecule has 3 aromatic rings. The first-order valence-corrected chi connectivity index (χ1v) is 8.56. The van der Waals surface area contributed by atoms with Crippen LogP contribution in [0.3, 0.4) is 0 Å². The average Bonchev–Trinajstić information content (AvgIpc) is 3.11. The molecule has 0 saturated carbocycles. The fourth-order valence-corrected chi connectivity index (χ4v) is 3.10. The molecule has 0 saturated heterocycles. The quantitative estimate of drug-likeness (QED) is 0.744. The summed E-state index contributed by atoms with van der Waals surface area (Å²) in [6.07, 6.45) is 0.722. The highest BCUT2D eigenvalue weighted by molar-refractivity contribution is 7.09. The van der Waals surface area contributed by atoms with Gasteiger partial charge in [-0.15, -0.1) is 11.3 Å². The minimum atomic E-state index is -0.0857. The highest BCUT2D eigenvalue weighted by Crippen LogP contribution is 2.21. The number of hydrogen-bond donors (Lipinski definition) is 1. The van der Waals surface area contributed by atoms with Crippen molar-refractivity contribution in [2.75, 3.05) is 13.7 Å². The predicted molar refractivity (Wildman–Crippen MR) is 96.6 cm³/mol. The molecule has 24 heavy (non-hydrogen) atoms. The van der Waals surface area contributed by atoms with Gasteiger partial charge in [0.05, 0.1) is 17.8 Å². The number of carbonyl (C=O) groups is 1. The molecular formula is C19H18N2O2S. The molecule has 1 N–H and O–H groups in total. The first-order chi connectivity index (χ1) is 11.8. The van der Waals surface area contributed by atoms with Gasteiger partial charge < -0.3 is 10.1 Å². The molecule has 3 rings (SSSR count). The van der Waals surface area contributed by atoms with Crippen molar-refractivity contribution in [1.82, 2.24) is 10.3 Å². The van der Waals surface area contributed by atoms with E-state index in [1.165, 1.54) is 0 Å². The van der Waals surface area contributed by atoms with E-state index in [1.807, 2.05) is 30.3 Å². The number of hydrogen-bond acceptors (Lipinski definition) is 4. The second-order valence-electron chi connectivity index (χ2n) is 5.23. The number of rotatable bonds is 6. The van der Waals surface area contributed by atoms with Gasteiger partial charge in [0.1, 0.15) is 5.75 Å². The summed E-state index contributed by atoms with van der Waals surface area (Å²) in [4.78, 5) is 16.7. The van der Waals surface area contributed by atoms with Crippen LogP contribution >= 0.6 is 11.3 Å². The Bertz CT molecular complexity index is 798. The number of benzene rings is 2. The standard InChI is InChI=1S/C19H18N2O2S/c1-23-16-9-7-15(8-10-16)19(22)20-12-11-18-21-17(13-24-18)14-5-3-2-4-6-14/h2-10,13H,11-12H2,1H3,(H,20,22). The van der Waals surface area contributed by atoms with Crippen LogP contribution in [0, 0.1) is 0 Å². The van der Waals surface area contributed by atoms with E-state index in [0.29, 0.717) is 12.1 Å². The van der Waals surface area contributed by atoms with Crippen LogP contribution in [-0.4, -0.2) is 24.5 Å². The van der Waals surface area contributed by atoms with Crippen molar-refractivity contribution < 1.29 is 9.53 Å². The van der Waals surface area contributed by atoms with Crippen LogP contribution in [-0.2, 0) is 6.42 Å². The lowest BCUT2D eigenvalue weighted by Crippen LogP contribution is -2.25. The number of nitrogens with zero attached hydrogens (tertiary/aromatic N) is 1. The van der Waals surface area contributed by atoms with Crippen molar-refractivity contribution in [2.24, 2.45) is 0 Å². The molecule has 122 valence electrons. The Hall–Kier alpha value is -2.66. The molecule has 0 fully saturated rings. The van der Waals surface area contributed by atoms with Crippen molar-refractivity contribution in [3.8, 4) is 17.0 Å². The monoisotopic (exact) mass is 338 g/mol. The van der Waals surface area contributed by atoms with Gasteiger partial charge >= 0.3 is 0 Å². The van der Waals surface area contributed by atoms with E-state index in [9.17, 15) is 4.79 Å². The van der Waals surface area contributed by atoms with E-state index in [0.717, 1.165) is 28.4 Å². The zero-order valence-electron chi connectivity index (χ0n) is 13.4. The number of carbonyl (C=O) groups excluding carboxylic acids is 1. The van der Waals surface area contributed by atoms with Gasteiger partial charge in [0, 0.05) is 29.5 Å². The van der Waals surface area contributed by atoms with Gasteiger partial charge in [0.25, 0.3) is 5.91 Å². The molecule has 0 aliphatic rings. The van der Waals surface area contributed by atoms with Gasteiger partial charge in [-0.25, -0.2) is 4.98 Å². The van der Waals surface area contributed by atoms with Gasteiger partial charge in [0.2, 0.25) is 0 Å². The first-order valence-electron chi connectivity index (χ1n) is 7.68. The zero-order chi connectivity index (χ0) is 16.8. The smallest absolute Gasteiger partial charge is 0.251 e. The number of ether oxygens (including phenoxy) is 1. The summed E-state index contributed by atoms with van der Waals surface area (Å²) in [5.41, 5.74) is 2.72. The van der Waals surface area contributed by atoms with Gasteiger partial charge in [-0.1, -0.05) is 30.3 Å². The summed E-state index contributed by atoms with van der Waals surface area (Å²) in [6, 6.07) is 17.2. The summed E-state index contributed by atoms with van der Waals surface area (Å²) < 4.78 is 5.09. The molecule has 2 aromatic carbocycles. The molecule has 1 aromatic heterocycles. The Labute approximate surface area is 145 Å². The largest absolute Gasteiger partial charge is 0.497 e. The molecule has 1 amide bonds.